The fourth-order valence-electron chi connectivity index (χ4n) is 3.30. The summed E-state index contributed by atoms with van der Waals surface area (Å²) in [6.07, 6.45) is 7.14. The number of carbonyl (C=O) groups is 1. The number of aromatic nitrogens is 4. The summed E-state index contributed by atoms with van der Waals surface area (Å²) in [4.78, 5) is 27.0. The van der Waals surface area contributed by atoms with Crippen LogP contribution in [0, 0.1) is 5.92 Å². The zero-order chi connectivity index (χ0) is 16.4. The Kier molecular flexibility index (Phi) is 4.20. The third-order valence-corrected chi connectivity index (χ3v) is 4.57. The smallest absolute Gasteiger partial charge is 0.258 e. The van der Waals surface area contributed by atoms with Crippen molar-refractivity contribution in [2.45, 2.75) is 31.8 Å². The Morgan fingerprint density at radius 2 is 1.96 bits per heavy atom. The summed E-state index contributed by atoms with van der Waals surface area (Å²) < 4.78 is 11.0. The lowest BCUT2D eigenvalue weighted by atomic mass is 10.1. The largest absolute Gasteiger partial charge is 0.365 e. The molecule has 0 bridgehead atoms. The molecule has 1 amide bonds. The normalized spacial score (nSPS) is 22.0. The van der Waals surface area contributed by atoms with Crippen molar-refractivity contribution in [3.05, 3.63) is 24.4 Å². The van der Waals surface area contributed by atoms with E-state index in [0.717, 1.165) is 25.7 Å². The molecule has 2 aliphatic rings. The van der Waals surface area contributed by atoms with Gasteiger partial charge in [-0.25, -0.2) is 9.97 Å². The molecule has 2 aromatic rings. The molecule has 4 rings (SSSR count). The van der Waals surface area contributed by atoms with Crippen LogP contribution in [0.25, 0.3) is 11.6 Å². The molecule has 2 aromatic heterocycles. The van der Waals surface area contributed by atoms with Gasteiger partial charge in [-0.3, -0.25) is 4.79 Å². The van der Waals surface area contributed by atoms with Crippen molar-refractivity contribution in [2.75, 3.05) is 19.7 Å². The molecular formula is C16H19N5O3. The summed E-state index contributed by atoms with van der Waals surface area (Å²) in [5.74, 6) is 1.49. The predicted molar refractivity (Wildman–Crippen MR) is 82.6 cm³/mol. The summed E-state index contributed by atoms with van der Waals surface area (Å²) in [6.45, 7) is 1.55. The van der Waals surface area contributed by atoms with Gasteiger partial charge in [0.25, 0.3) is 5.89 Å². The highest BCUT2D eigenvalue weighted by molar-refractivity contribution is 5.79. The summed E-state index contributed by atoms with van der Waals surface area (Å²) in [7, 11) is 0. The van der Waals surface area contributed by atoms with Gasteiger partial charge < -0.3 is 14.2 Å². The average Bonchev–Trinajstić information content (AvgIpc) is 3.34. The van der Waals surface area contributed by atoms with E-state index in [4.69, 9.17) is 9.26 Å². The lowest BCUT2D eigenvalue weighted by molar-refractivity contribution is -0.144. The highest BCUT2D eigenvalue weighted by Gasteiger charge is 2.33. The molecule has 0 aromatic carbocycles. The summed E-state index contributed by atoms with van der Waals surface area (Å²) in [6, 6.07) is 1.72. The molecule has 1 aliphatic carbocycles. The number of ether oxygens (including phenoxy) is 1. The molecule has 24 heavy (non-hydrogen) atoms. The second-order valence-corrected chi connectivity index (χ2v) is 6.15. The minimum absolute atomic E-state index is 0.166. The molecule has 1 saturated carbocycles. The average molecular weight is 329 g/mol. The number of hydrogen-bond acceptors (Lipinski definition) is 7. The van der Waals surface area contributed by atoms with E-state index in [-0.39, 0.29) is 11.8 Å². The Morgan fingerprint density at radius 3 is 2.75 bits per heavy atom. The standard InChI is InChI=1S/C16H19N5O3/c22-16(11-4-1-2-5-11)21-8-9-23-12(10-21)15-19-14(20-24-15)13-17-6-3-7-18-13/h3,6-7,11-12H,1-2,4-5,8-10H2/t12-/m1/s1. The third-order valence-electron chi connectivity index (χ3n) is 4.57. The molecule has 126 valence electrons. The lowest BCUT2D eigenvalue weighted by Gasteiger charge is -2.32. The van der Waals surface area contributed by atoms with Crippen molar-refractivity contribution >= 4 is 5.91 Å². The van der Waals surface area contributed by atoms with Gasteiger partial charge in [-0.05, 0) is 18.9 Å². The van der Waals surface area contributed by atoms with E-state index < -0.39 is 6.10 Å². The van der Waals surface area contributed by atoms with Gasteiger partial charge in [-0.15, -0.1) is 0 Å². The van der Waals surface area contributed by atoms with Crippen molar-refractivity contribution in [1.82, 2.24) is 25.0 Å². The van der Waals surface area contributed by atoms with Crippen molar-refractivity contribution in [3.63, 3.8) is 0 Å². The molecule has 1 aliphatic heterocycles. The van der Waals surface area contributed by atoms with Gasteiger partial charge in [0.05, 0.1) is 13.2 Å². The van der Waals surface area contributed by atoms with E-state index in [0.29, 0.717) is 37.2 Å². The van der Waals surface area contributed by atoms with Gasteiger partial charge in [0.1, 0.15) is 0 Å². The van der Waals surface area contributed by atoms with E-state index in [9.17, 15) is 4.79 Å². The zero-order valence-electron chi connectivity index (χ0n) is 13.3. The van der Waals surface area contributed by atoms with Crippen LogP contribution in [0.15, 0.2) is 23.0 Å². The second kappa shape index (κ2) is 6.64. The van der Waals surface area contributed by atoms with Crippen molar-refractivity contribution in [2.24, 2.45) is 5.92 Å². The van der Waals surface area contributed by atoms with Crippen LogP contribution in [-0.2, 0) is 9.53 Å². The number of rotatable bonds is 3. The molecule has 2 fully saturated rings. The van der Waals surface area contributed by atoms with Crippen LogP contribution in [0.5, 0.6) is 0 Å². The molecule has 1 atom stereocenters. The van der Waals surface area contributed by atoms with Crippen molar-refractivity contribution in [1.29, 1.82) is 0 Å². The van der Waals surface area contributed by atoms with Crippen molar-refractivity contribution in [3.8, 4) is 11.6 Å². The van der Waals surface area contributed by atoms with Crippen LogP contribution >= 0.6 is 0 Å². The Morgan fingerprint density at radius 1 is 1.17 bits per heavy atom. The Hall–Kier alpha value is -2.35. The van der Waals surface area contributed by atoms with Crippen LogP contribution in [-0.4, -0.2) is 50.6 Å². The number of amides is 1. The number of morpholine rings is 1. The first-order valence-corrected chi connectivity index (χ1v) is 8.32. The number of carbonyl (C=O) groups excluding carboxylic acids is 1. The molecule has 8 nitrogen and oxygen atoms in total. The van der Waals surface area contributed by atoms with Gasteiger partial charge in [-0.2, -0.15) is 4.98 Å². The highest BCUT2D eigenvalue weighted by Crippen LogP contribution is 2.29. The van der Waals surface area contributed by atoms with E-state index in [1.54, 1.807) is 18.5 Å². The zero-order valence-corrected chi connectivity index (χ0v) is 13.3. The van der Waals surface area contributed by atoms with Crippen LogP contribution in [0.2, 0.25) is 0 Å². The topological polar surface area (TPSA) is 94.2 Å². The fourth-order valence-corrected chi connectivity index (χ4v) is 3.30. The third kappa shape index (κ3) is 3.01. The van der Waals surface area contributed by atoms with E-state index >= 15 is 0 Å². The molecule has 0 radical (unpaired) electrons. The first-order valence-electron chi connectivity index (χ1n) is 8.32. The molecule has 1 saturated heterocycles. The number of hydrogen-bond donors (Lipinski definition) is 0. The quantitative estimate of drug-likeness (QED) is 0.844. The summed E-state index contributed by atoms with van der Waals surface area (Å²) in [5.41, 5.74) is 0. The first kappa shape index (κ1) is 15.2. The SMILES string of the molecule is O=C(C1CCCC1)N1CCO[C@@H](c2nc(-c3ncccn3)no2)C1. The molecule has 3 heterocycles. The molecule has 0 N–H and O–H groups in total. The second-order valence-electron chi connectivity index (χ2n) is 6.15. The summed E-state index contributed by atoms with van der Waals surface area (Å²) >= 11 is 0. The first-order chi connectivity index (χ1) is 11.8. The van der Waals surface area contributed by atoms with Crippen molar-refractivity contribution < 1.29 is 14.1 Å². The van der Waals surface area contributed by atoms with Crippen LogP contribution in [0.4, 0.5) is 0 Å². The Balaban J connectivity index is 1.46. The Bertz CT molecular complexity index is 699. The number of nitrogens with zero attached hydrogens (tertiary/aromatic N) is 5. The minimum atomic E-state index is -0.394. The lowest BCUT2D eigenvalue weighted by Crippen LogP contribution is -2.44. The monoisotopic (exact) mass is 329 g/mol. The highest BCUT2D eigenvalue weighted by atomic mass is 16.5. The van der Waals surface area contributed by atoms with Gasteiger partial charge in [0.2, 0.25) is 17.6 Å². The van der Waals surface area contributed by atoms with E-state index in [2.05, 4.69) is 20.1 Å². The van der Waals surface area contributed by atoms with E-state index in [1.165, 1.54) is 0 Å². The fraction of sp³-hybridized carbons (Fsp3) is 0.562. The summed E-state index contributed by atoms with van der Waals surface area (Å²) in [5, 5.41) is 3.91. The maximum absolute atomic E-state index is 12.6. The predicted octanol–water partition coefficient (Wildman–Crippen LogP) is 1.62. The Labute approximate surface area is 139 Å². The van der Waals surface area contributed by atoms with Gasteiger partial charge in [0, 0.05) is 24.9 Å². The maximum atomic E-state index is 12.6. The van der Waals surface area contributed by atoms with Gasteiger partial charge in [0.15, 0.2) is 6.10 Å². The molecule has 0 spiro atoms. The van der Waals surface area contributed by atoms with E-state index in [1.807, 2.05) is 4.90 Å². The molecular weight excluding hydrogens is 310 g/mol. The van der Waals surface area contributed by atoms with Gasteiger partial charge in [-0.1, -0.05) is 18.0 Å². The van der Waals surface area contributed by atoms with Crippen LogP contribution in [0.1, 0.15) is 37.7 Å². The maximum Gasteiger partial charge on any atom is 0.258 e. The minimum Gasteiger partial charge on any atom is -0.365 e. The van der Waals surface area contributed by atoms with Gasteiger partial charge >= 0.3 is 0 Å². The molecule has 8 heteroatoms. The van der Waals surface area contributed by atoms with Crippen LogP contribution < -0.4 is 0 Å². The van der Waals surface area contributed by atoms with Crippen LogP contribution in [0.3, 0.4) is 0 Å². The molecule has 0 unspecified atom stereocenters.